The second-order valence-corrected chi connectivity index (χ2v) is 7.49. The van der Waals surface area contributed by atoms with Crippen LogP contribution in [-0.2, 0) is 9.84 Å². The molecule has 0 atom stereocenters. The molecule has 1 aliphatic heterocycles. The zero-order valence-corrected chi connectivity index (χ0v) is 11.9. The highest BCUT2D eigenvalue weighted by Gasteiger charge is 2.23. The first-order valence-corrected chi connectivity index (χ1v) is 8.87. The summed E-state index contributed by atoms with van der Waals surface area (Å²) in [7, 11) is -2.78. The predicted octanol–water partition coefficient (Wildman–Crippen LogP) is 2.37. The van der Waals surface area contributed by atoms with Crippen LogP contribution in [0.4, 0.5) is 0 Å². The Kier molecular flexibility index (Phi) is 7.12. The van der Waals surface area contributed by atoms with Gasteiger partial charge in [0.25, 0.3) is 0 Å². The lowest BCUT2D eigenvalue weighted by Crippen LogP contribution is -2.45. The van der Waals surface area contributed by atoms with E-state index >= 15 is 0 Å². The van der Waals surface area contributed by atoms with Crippen molar-refractivity contribution in [3.63, 3.8) is 0 Å². The van der Waals surface area contributed by atoms with Crippen LogP contribution in [0.2, 0.25) is 0 Å². The van der Waals surface area contributed by atoms with Crippen molar-refractivity contribution < 1.29 is 8.42 Å². The maximum Gasteiger partial charge on any atom is 0.150 e. The molecule has 17 heavy (non-hydrogen) atoms. The lowest BCUT2D eigenvalue weighted by molar-refractivity contribution is 0.378. The quantitative estimate of drug-likeness (QED) is 0.614. The van der Waals surface area contributed by atoms with Crippen molar-refractivity contribution in [2.75, 3.05) is 24.6 Å². The molecule has 0 saturated carbocycles. The van der Waals surface area contributed by atoms with E-state index in [1.165, 1.54) is 32.1 Å². The Labute approximate surface area is 106 Å². The summed E-state index contributed by atoms with van der Waals surface area (Å²) < 4.78 is 23.5. The van der Waals surface area contributed by atoms with Crippen molar-refractivity contribution in [3.05, 3.63) is 0 Å². The van der Waals surface area contributed by atoms with Crippen LogP contribution in [0.1, 0.15) is 51.9 Å². The van der Waals surface area contributed by atoms with E-state index in [0.29, 0.717) is 17.4 Å². The molecule has 0 aromatic heterocycles. The van der Waals surface area contributed by atoms with Gasteiger partial charge in [0.1, 0.15) is 0 Å². The van der Waals surface area contributed by atoms with Crippen LogP contribution in [0.3, 0.4) is 0 Å². The van der Waals surface area contributed by atoms with Crippen LogP contribution in [-0.4, -0.2) is 33.0 Å². The first-order chi connectivity index (χ1) is 8.14. The molecule has 1 fully saturated rings. The molecule has 0 aliphatic carbocycles. The van der Waals surface area contributed by atoms with Crippen LogP contribution in [0.25, 0.3) is 0 Å². The molecule has 1 saturated heterocycles. The van der Waals surface area contributed by atoms with Gasteiger partial charge in [-0.1, -0.05) is 45.4 Å². The van der Waals surface area contributed by atoms with Gasteiger partial charge in [0.05, 0.1) is 11.5 Å². The monoisotopic (exact) mass is 261 g/mol. The number of hydrogen-bond donors (Lipinski definition) is 1. The zero-order valence-electron chi connectivity index (χ0n) is 11.1. The van der Waals surface area contributed by atoms with Gasteiger partial charge < -0.3 is 5.32 Å². The van der Waals surface area contributed by atoms with Crippen LogP contribution in [0.15, 0.2) is 0 Å². The highest BCUT2D eigenvalue weighted by molar-refractivity contribution is 7.91. The molecule has 4 heteroatoms. The second kappa shape index (κ2) is 8.09. The minimum absolute atomic E-state index is 0.379. The molecule has 1 heterocycles. The van der Waals surface area contributed by atoms with E-state index in [-0.39, 0.29) is 0 Å². The van der Waals surface area contributed by atoms with E-state index in [1.807, 2.05) is 0 Å². The molecule has 1 aliphatic rings. The predicted molar refractivity (Wildman–Crippen MR) is 73.0 cm³/mol. The van der Waals surface area contributed by atoms with Gasteiger partial charge in [-0.15, -0.1) is 0 Å². The van der Waals surface area contributed by atoms with E-state index in [0.717, 1.165) is 25.9 Å². The van der Waals surface area contributed by atoms with E-state index < -0.39 is 9.84 Å². The summed E-state index contributed by atoms with van der Waals surface area (Å²) in [4.78, 5) is 0. The van der Waals surface area contributed by atoms with Gasteiger partial charge in [-0.2, -0.15) is 0 Å². The number of rotatable bonds is 10. The standard InChI is InChI=1S/C13H27NO2S/c1-2-3-4-5-6-7-8-9-17(15,16)12-13-10-14-11-13/h13-14H,2-12H2,1H3. The van der Waals surface area contributed by atoms with Crippen LogP contribution in [0, 0.1) is 5.92 Å². The van der Waals surface area contributed by atoms with Crippen molar-refractivity contribution in [2.45, 2.75) is 51.9 Å². The summed E-state index contributed by atoms with van der Waals surface area (Å²) >= 11 is 0. The normalized spacial score (nSPS) is 17.0. The number of unbranched alkanes of at least 4 members (excludes halogenated alkanes) is 6. The maximum absolute atomic E-state index is 11.7. The molecule has 3 nitrogen and oxygen atoms in total. The highest BCUT2D eigenvalue weighted by Crippen LogP contribution is 2.11. The molecule has 0 spiro atoms. The highest BCUT2D eigenvalue weighted by atomic mass is 32.2. The summed E-state index contributed by atoms with van der Waals surface area (Å²) in [6.45, 7) is 3.98. The molecule has 0 aromatic carbocycles. The Morgan fingerprint density at radius 1 is 1.00 bits per heavy atom. The summed E-state index contributed by atoms with van der Waals surface area (Å²) in [6.07, 6.45) is 8.27. The van der Waals surface area contributed by atoms with Gasteiger partial charge >= 0.3 is 0 Å². The smallest absolute Gasteiger partial charge is 0.150 e. The largest absolute Gasteiger partial charge is 0.316 e. The van der Waals surface area contributed by atoms with Gasteiger partial charge in [0, 0.05) is 13.1 Å². The van der Waals surface area contributed by atoms with Gasteiger partial charge in [0.15, 0.2) is 9.84 Å². The number of nitrogens with one attached hydrogen (secondary N) is 1. The van der Waals surface area contributed by atoms with Crippen LogP contribution < -0.4 is 5.32 Å². The van der Waals surface area contributed by atoms with E-state index in [4.69, 9.17) is 0 Å². The summed E-state index contributed by atoms with van der Waals surface area (Å²) in [6, 6.07) is 0. The Morgan fingerprint density at radius 3 is 2.12 bits per heavy atom. The van der Waals surface area contributed by atoms with E-state index in [9.17, 15) is 8.42 Å². The van der Waals surface area contributed by atoms with Crippen molar-refractivity contribution in [2.24, 2.45) is 5.92 Å². The average molecular weight is 261 g/mol. The third-order valence-corrected chi connectivity index (χ3v) is 5.30. The average Bonchev–Trinajstić information content (AvgIpc) is 2.23. The van der Waals surface area contributed by atoms with Crippen LogP contribution in [0.5, 0.6) is 0 Å². The molecular weight excluding hydrogens is 234 g/mol. The fourth-order valence-electron chi connectivity index (χ4n) is 2.19. The molecular formula is C13H27NO2S. The Hall–Kier alpha value is -0.0900. The Balaban J connectivity index is 1.97. The first-order valence-electron chi connectivity index (χ1n) is 7.05. The lowest BCUT2D eigenvalue weighted by atomic mass is 10.1. The lowest BCUT2D eigenvalue weighted by Gasteiger charge is -2.26. The van der Waals surface area contributed by atoms with Crippen molar-refractivity contribution in [3.8, 4) is 0 Å². The molecule has 1 rings (SSSR count). The topological polar surface area (TPSA) is 46.2 Å². The molecule has 1 N–H and O–H groups in total. The SMILES string of the molecule is CCCCCCCCCS(=O)(=O)CC1CNC1. The molecule has 0 unspecified atom stereocenters. The van der Waals surface area contributed by atoms with Gasteiger partial charge in [-0.3, -0.25) is 0 Å². The second-order valence-electron chi connectivity index (χ2n) is 5.26. The zero-order chi connectivity index (χ0) is 12.6. The minimum Gasteiger partial charge on any atom is -0.316 e. The molecule has 0 bridgehead atoms. The molecule has 0 radical (unpaired) electrons. The summed E-state index contributed by atoms with van der Waals surface area (Å²) in [5.41, 5.74) is 0. The van der Waals surface area contributed by atoms with Gasteiger partial charge in [0.2, 0.25) is 0 Å². The summed E-state index contributed by atoms with van der Waals surface area (Å²) in [5, 5.41) is 3.12. The third-order valence-electron chi connectivity index (χ3n) is 3.41. The number of sulfone groups is 1. The fourth-order valence-corrected chi connectivity index (χ4v) is 3.95. The Morgan fingerprint density at radius 2 is 1.59 bits per heavy atom. The molecule has 0 amide bonds. The van der Waals surface area contributed by atoms with Gasteiger partial charge in [-0.05, 0) is 12.3 Å². The van der Waals surface area contributed by atoms with Crippen molar-refractivity contribution >= 4 is 9.84 Å². The maximum atomic E-state index is 11.7. The Bertz CT molecular complexity index is 284. The van der Waals surface area contributed by atoms with Crippen molar-refractivity contribution in [1.29, 1.82) is 0 Å². The van der Waals surface area contributed by atoms with Crippen molar-refractivity contribution in [1.82, 2.24) is 5.32 Å². The summed E-state index contributed by atoms with van der Waals surface area (Å²) in [5.74, 6) is 1.18. The van der Waals surface area contributed by atoms with E-state index in [1.54, 1.807) is 0 Å². The third kappa shape index (κ3) is 7.04. The fraction of sp³-hybridized carbons (Fsp3) is 1.00. The van der Waals surface area contributed by atoms with E-state index in [2.05, 4.69) is 12.2 Å². The minimum atomic E-state index is -2.78. The first kappa shape index (κ1) is 15.0. The molecule has 102 valence electrons. The van der Waals surface area contributed by atoms with Crippen LogP contribution >= 0.6 is 0 Å². The number of hydrogen-bond acceptors (Lipinski definition) is 3. The van der Waals surface area contributed by atoms with Gasteiger partial charge in [-0.25, -0.2) is 8.42 Å². The molecule has 0 aromatic rings.